The molecular weight excluding hydrogens is 310 g/mol. The topological polar surface area (TPSA) is 75.6 Å². The fourth-order valence-corrected chi connectivity index (χ4v) is 2.57. The molecule has 0 fully saturated rings. The van der Waals surface area contributed by atoms with E-state index in [1.165, 1.54) is 11.3 Å². The number of hydrogen-bond acceptors (Lipinski definition) is 4. The van der Waals surface area contributed by atoms with Crippen LogP contribution < -0.4 is 5.32 Å². The molecule has 1 amide bonds. The van der Waals surface area contributed by atoms with E-state index in [4.69, 9.17) is 9.84 Å². The molecule has 0 aliphatic rings. The van der Waals surface area contributed by atoms with E-state index in [2.05, 4.69) is 21.2 Å². The van der Waals surface area contributed by atoms with Crippen LogP contribution in [0.15, 0.2) is 15.9 Å². The third-order valence-electron chi connectivity index (χ3n) is 1.76. The Kier molecular flexibility index (Phi) is 6.17. The molecule has 0 aliphatic heterocycles. The molecule has 17 heavy (non-hydrogen) atoms. The molecule has 0 bridgehead atoms. The highest BCUT2D eigenvalue weighted by Crippen LogP contribution is 2.22. The van der Waals surface area contributed by atoms with E-state index in [1.54, 1.807) is 0 Å². The van der Waals surface area contributed by atoms with Gasteiger partial charge in [-0.25, -0.2) is 4.79 Å². The van der Waals surface area contributed by atoms with E-state index in [0.29, 0.717) is 13.0 Å². The normalized spacial score (nSPS) is 10.2. The number of carbonyl (C=O) groups excluding carboxylic acids is 1. The number of carboxylic acid groups (broad SMARTS) is 1. The number of halogens is 1. The number of rotatable bonds is 7. The molecule has 0 aliphatic carbocycles. The van der Waals surface area contributed by atoms with Gasteiger partial charge in [-0.3, -0.25) is 4.79 Å². The van der Waals surface area contributed by atoms with E-state index in [1.807, 2.05) is 12.1 Å². The maximum atomic E-state index is 11.4. The number of aliphatic carboxylic acids is 1. The number of hydrogen-bond donors (Lipinski definition) is 2. The summed E-state index contributed by atoms with van der Waals surface area (Å²) in [7, 11) is 0. The largest absolute Gasteiger partial charge is 0.480 e. The van der Waals surface area contributed by atoms with Crippen molar-refractivity contribution in [2.75, 3.05) is 19.8 Å². The van der Waals surface area contributed by atoms with Crippen molar-refractivity contribution in [2.24, 2.45) is 0 Å². The summed E-state index contributed by atoms with van der Waals surface area (Å²) in [6.07, 6.45) is 0.329. The van der Waals surface area contributed by atoms with Crippen LogP contribution in [0.5, 0.6) is 0 Å². The van der Waals surface area contributed by atoms with Gasteiger partial charge >= 0.3 is 5.97 Å². The third kappa shape index (κ3) is 6.40. The Bertz CT molecular complexity index is 393. The molecule has 1 heterocycles. The molecule has 0 radical (unpaired) electrons. The summed E-state index contributed by atoms with van der Waals surface area (Å²) in [5, 5.41) is 11.0. The molecule has 94 valence electrons. The van der Waals surface area contributed by atoms with Crippen LogP contribution in [0, 0.1) is 0 Å². The van der Waals surface area contributed by atoms with Crippen LogP contribution in [0.4, 0.5) is 0 Å². The summed E-state index contributed by atoms with van der Waals surface area (Å²) >= 11 is 4.83. The van der Waals surface area contributed by atoms with Crippen molar-refractivity contribution in [3.05, 3.63) is 20.8 Å². The smallest absolute Gasteiger partial charge is 0.329 e. The summed E-state index contributed by atoms with van der Waals surface area (Å²) in [5.74, 6) is -1.11. The van der Waals surface area contributed by atoms with Gasteiger partial charge in [-0.2, -0.15) is 0 Å². The summed E-state index contributed by atoms with van der Waals surface area (Å²) in [6.45, 7) is 0.179. The predicted molar refractivity (Wildman–Crippen MR) is 67.2 cm³/mol. The summed E-state index contributed by atoms with van der Waals surface area (Å²) in [4.78, 5) is 22.5. The molecule has 7 heteroatoms. The first-order valence-corrected chi connectivity index (χ1v) is 6.49. The van der Waals surface area contributed by atoms with Gasteiger partial charge in [0.15, 0.2) is 0 Å². The second-order valence-electron chi connectivity index (χ2n) is 3.18. The molecule has 2 N–H and O–H groups in total. The number of ether oxygens (including phenoxy) is 1. The highest BCUT2D eigenvalue weighted by Gasteiger charge is 2.05. The third-order valence-corrected chi connectivity index (χ3v) is 3.38. The van der Waals surface area contributed by atoms with Gasteiger partial charge in [-0.15, -0.1) is 11.3 Å². The molecular formula is C10H12BrNO4S. The van der Waals surface area contributed by atoms with Crippen LogP contribution in [0.25, 0.3) is 0 Å². The monoisotopic (exact) mass is 321 g/mol. The summed E-state index contributed by atoms with van der Waals surface area (Å²) < 4.78 is 5.77. The Morgan fingerprint density at radius 1 is 1.47 bits per heavy atom. The standard InChI is InChI=1S/C10H12BrNO4S/c11-8-2-1-7(17-8)5-9(13)12-3-4-16-6-10(14)15/h1-2H,3-6H2,(H,12,13)(H,14,15). The van der Waals surface area contributed by atoms with Crippen LogP contribution in [0.3, 0.4) is 0 Å². The fourth-order valence-electron chi connectivity index (χ4n) is 1.09. The Labute approximate surface area is 111 Å². The van der Waals surface area contributed by atoms with Gasteiger partial charge in [-0.1, -0.05) is 0 Å². The molecule has 0 saturated heterocycles. The minimum Gasteiger partial charge on any atom is -0.480 e. The van der Waals surface area contributed by atoms with Crippen molar-refractivity contribution in [1.82, 2.24) is 5.32 Å². The Balaban J connectivity index is 2.11. The highest BCUT2D eigenvalue weighted by molar-refractivity contribution is 9.11. The maximum Gasteiger partial charge on any atom is 0.329 e. The average Bonchev–Trinajstić information content (AvgIpc) is 2.63. The van der Waals surface area contributed by atoms with Crippen molar-refractivity contribution in [3.63, 3.8) is 0 Å². The first-order valence-electron chi connectivity index (χ1n) is 4.88. The summed E-state index contributed by atoms with van der Waals surface area (Å²) in [6, 6.07) is 3.78. The van der Waals surface area contributed by atoms with Gasteiger partial charge < -0.3 is 15.2 Å². The van der Waals surface area contributed by atoms with Crippen molar-refractivity contribution in [3.8, 4) is 0 Å². The van der Waals surface area contributed by atoms with Crippen molar-refractivity contribution in [2.45, 2.75) is 6.42 Å². The second kappa shape index (κ2) is 7.41. The molecule has 0 saturated carbocycles. The minimum atomic E-state index is -1.01. The second-order valence-corrected chi connectivity index (χ2v) is 5.73. The first kappa shape index (κ1) is 14.1. The SMILES string of the molecule is O=C(O)COCCNC(=O)Cc1ccc(Br)s1. The van der Waals surface area contributed by atoms with Gasteiger partial charge in [0, 0.05) is 11.4 Å². The zero-order valence-corrected chi connectivity index (χ0v) is 11.3. The zero-order chi connectivity index (χ0) is 12.7. The van der Waals surface area contributed by atoms with Crippen molar-refractivity contribution < 1.29 is 19.4 Å². The molecule has 0 aromatic carbocycles. The van der Waals surface area contributed by atoms with Gasteiger partial charge in [0.1, 0.15) is 6.61 Å². The fraction of sp³-hybridized carbons (Fsp3) is 0.400. The molecule has 0 atom stereocenters. The van der Waals surface area contributed by atoms with Crippen molar-refractivity contribution in [1.29, 1.82) is 0 Å². The average molecular weight is 322 g/mol. The minimum absolute atomic E-state index is 0.0988. The van der Waals surface area contributed by atoms with Crippen molar-refractivity contribution >= 4 is 39.1 Å². The lowest BCUT2D eigenvalue weighted by molar-refractivity contribution is -0.142. The van der Waals surface area contributed by atoms with Gasteiger partial charge in [0.25, 0.3) is 0 Å². The first-order chi connectivity index (χ1) is 8.08. The van der Waals surface area contributed by atoms with E-state index in [0.717, 1.165) is 8.66 Å². The lowest BCUT2D eigenvalue weighted by Gasteiger charge is -2.04. The Hall–Kier alpha value is -0.920. The highest BCUT2D eigenvalue weighted by atomic mass is 79.9. The zero-order valence-electron chi connectivity index (χ0n) is 8.94. The molecule has 0 unspecified atom stereocenters. The lowest BCUT2D eigenvalue weighted by Crippen LogP contribution is -2.29. The number of carbonyl (C=O) groups is 2. The predicted octanol–water partition coefficient (Wildman–Crippen LogP) is 1.27. The van der Waals surface area contributed by atoms with E-state index < -0.39 is 5.97 Å². The lowest BCUT2D eigenvalue weighted by atomic mass is 10.3. The van der Waals surface area contributed by atoms with Crippen LogP contribution in [0.2, 0.25) is 0 Å². The maximum absolute atomic E-state index is 11.4. The van der Waals surface area contributed by atoms with Crippen LogP contribution in [-0.4, -0.2) is 36.7 Å². The van der Waals surface area contributed by atoms with Crippen LogP contribution in [0.1, 0.15) is 4.88 Å². The quantitative estimate of drug-likeness (QED) is 0.742. The Morgan fingerprint density at radius 3 is 2.82 bits per heavy atom. The molecule has 0 spiro atoms. The van der Waals surface area contributed by atoms with Crippen LogP contribution in [-0.2, 0) is 20.7 Å². The number of carboxylic acids is 1. The van der Waals surface area contributed by atoms with Crippen LogP contribution >= 0.6 is 27.3 Å². The molecule has 1 aromatic heterocycles. The molecule has 1 rings (SSSR count). The Morgan fingerprint density at radius 2 is 2.24 bits per heavy atom. The number of amides is 1. The van der Waals surface area contributed by atoms with E-state index in [9.17, 15) is 9.59 Å². The van der Waals surface area contributed by atoms with E-state index >= 15 is 0 Å². The molecule has 1 aromatic rings. The van der Waals surface area contributed by atoms with Gasteiger partial charge in [0.2, 0.25) is 5.91 Å². The number of nitrogens with one attached hydrogen (secondary N) is 1. The summed E-state index contributed by atoms with van der Waals surface area (Å²) in [5.41, 5.74) is 0. The van der Waals surface area contributed by atoms with Gasteiger partial charge in [0.05, 0.1) is 16.8 Å². The molecule has 5 nitrogen and oxygen atoms in total. The number of thiophene rings is 1. The van der Waals surface area contributed by atoms with E-state index in [-0.39, 0.29) is 19.1 Å². The van der Waals surface area contributed by atoms with Gasteiger partial charge in [-0.05, 0) is 28.1 Å².